The van der Waals surface area contributed by atoms with Crippen LogP contribution in [0.15, 0.2) is 35.5 Å². The lowest BCUT2D eigenvalue weighted by Gasteiger charge is -2.55. The lowest BCUT2D eigenvalue weighted by molar-refractivity contribution is 0.0405. The van der Waals surface area contributed by atoms with Crippen LogP contribution in [0.3, 0.4) is 0 Å². The van der Waals surface area contributed by atoms with Gasteiger partial charge in [0.25, 0.3) is 0 Å². The Labute approximate surface area is 225 Å². The normalized spacial score (nSPS) is 38.8. The Morgan fingerprint density at radius 1 is 0.917 bits per heavy atom. The summed E-state index contributed by atoms with van der Waals surface area (Å²) in [5, 5.41) is 0.285. The minimum absolute atomic E-state index is 0.285. The fourth-order valence-corrected chi connectivity index (χ4v) is 9.66. The van der Waals surface area contributed by atoms with Crippen LogP contribution in [0.5, 0.6) is 0 Å². The summed E-state index contributed by atoms with van der Waals surface area (Å²) >= 11 is 0. The van der Waals surface area contributed by atoms with Crippen molar-refractivity contribution in [3.8, 4) is 0 Å². The van der Waals surface area contributed by atoms with E-state index in [1.165, 1.54) is 38.5 Å². The molecule has 1 nitrogen and oxygen atoms in total. The summed E-state index contributed by atoms with van der Waals surface area (Å²) in [5.41, 5.74) is 4.35. The van der Waals surface area contributed by atoms with Crippen LogP contribution in [0.4, 0.5) is 0 Å². The molecule has 3 fully saturated rings. The molecule has 0 bridgehead atoms. The van der Waals surface area contributed by atoms with Crippen molar-refractivity contribution in [2.24, 2.45) is 46.3 Å². The zero-order valence-electron chi connectivity index (χ0n) is 25.7. The lowest BCUT2D eigenvalue weighted by Crippen LogP contribution is -2.49. The number of rotatable bonds is 6. The zero-order valence-corrected chi connectivity index (χ0v) is 26.7. The van der Waals surface area contributed by atoms with Crippen molar-refractivity contribution >= 4 is 8.32 Å². The molecule has 0 aromatic heterocycles. The van der Waals surface area contributed by atoms with Gasteiger partial charge in [0.1, 0.15) is 0 Å². The van der Waals surface area contributed by atoms with Crippen LogP contribution in [-0.4, -0.2) is 14.4 Å². The lowest BCUT2D eigenvalue weighted by atomic mass is 9.50. The molecule has 3 saturated carbocycles. The molecular formula is C34H58OSi. The van der Waals surface area contributed by atoms with Gasteiger partial charge in [-0.2, -0.15) is 0 Å². The van der Waals surface area contributed by atoms with Gasteiger partial charge >= 0.3 is 0 Å². The highest BCUT2D eigenvalue weighted by atomic mass is 28.4. The van der Waals surface area contributed by atoms with Gasteiger partial charge in [-0.15, -0.1) is 0 Å². The third kappa shape index (κ3) is 4.92. The molecule has 36 heavy (non-hydrogen) atoms. The van der Waals surface area contributed by atoms with E-state index in [0.29, 0.717) is 28.8 Å². The van der Waals surface area contributed by atoms with Gasteiger partial charge in [-0.1, -0.05) is 97.8 Å². The van der Waals surface area contributed by atoms with Crippen molar-refractivity contribution in [1.82, 2.24) is 0 Å². The Kier molecular flexibility index (Phi) is 7.78. The Balaban J connectivity index is 1.52. The number of hydrogen-bond donors (Lipinski definition) is 0. The highest BCUT2D eigenvalue weighted by Crippen LogP contribution is 2.66. The molecule has 4 aliphatic rings. The second kappa shape index (κ2) is 9.85. The van der Waals surface area contributed by atoms with Crippen molar-refractivity contribution in [3.63, 3.8) is 0 Å². The van der Waals surface area contributed by atoms with E-state index in [-0.39, 0.29) is 5.04 Å². The average Bonchev–Trinajstić information content (AvgIpc) is 3.13. The summed E-state index contributed by atoms with van der Waals surface area (Å²) in [6.07, 6.45) is 20.0. The predicted octanol–water partition coefficient (Wildman–Crippen LogP) is 10.4. The van der Waals surface area contributed by atoms with E-state index >= 15 is 0 Å². The van der Waals surface area contributed by atoms with Crippen LogP contribution < -0.4 is 0 Å². The van der Waals surface area contributed by atoms with E-state index < -0.39 is 8.32 Å². The first-order chi connectivity index (χ1) is 16.6. The third-order valence-corrected chi connectivity index (χ3v) is 16.8. The van der Waals surface area contributed by atoms with E-state index in [2.05, 4.69) is 99.7 Å². The van der Waals surface area contributed by atoms with Crippen molar-refractivity contribution in [2.45, 2.75) is 131 Å². The number of hydrogen-bond acceptors (Lipinski definition) is 1. The Morgan fingerprint density at radius 3 is 2.25 bits per heavy atom. The topological polar surface area (TPSA) is 9.23 Å². The molecular weight excluding hydrogens is 452 g/mol. The maximum atomic E-state index is 6.92. The molecule has 0 radical (unpaired) electrons. The molecule has 0 N–H and O–H groups in total. The van der Waals surface area contributed by atoms with Crippen LogP contribution >= 0.6 is 0 Å². The summed E-state index contributed by atoms with van der Waals surface area (Å²) in [6.45, 7) is 26.8. The largest absolute Gasteiger partial charge is 0.414 e. The van der Waals surface area contributed by atoms with E-state index in [0.717, 1.165) is 30.1 Å². The molecule has 204 valence electrons. The van der Waals surface area contributed by atoms with Gasteiger partial charge in [-0.25, -0.2) is 0 Å². The third-order valence-electron chi connectivity index (χ3n) is 12.3. The fraction of sp³-hybridized carbons (Fsp3) is 0.824. The van der Waals surface area contributed by atoms with E-state index in [4.69, 9.17) is 4.43 Å². The molecule has 4 aliphatic carbocycles. The van der Waals surface area contributed by atoms with Gasteiger partial charge in [-0.05, 0) is 109 Å². The smallest absolute Gasteiger partial charge is 0.192 e. The minimum Gasteiger partial charge on any atom is -0.414 e. The van der Waals surface area contributed by atoms with Crippen LogP contribution in [0.25, 0.3) is 0 Å². The van der Waals surface area contributed by atoms with Gasteiger partial charge in [-0.3, -0.25) is 0 Å². The van der Waals surface area contributed by atoms with Crippen molar-refractivity contribution in [3.05, 3.63) is 35.5 Å². The Morgan fingerprint density at radius 2 is 1.61 bits per heavy atom. The van der Waals surface area contributed by atoms with Crippen LogP contribution in [0.2, 0.25) is 18.1 Å². The summed E-state index contributed by atoms with van der Waals surface area (Å²) in [5.74, 6) is 4.46. The Hall–Kier alpha value is -0.603. The van der Waals surface area contributed by atoms with Crippen molar-refractivity contribution in [2.75, 3.05) is 0 Å². The molecule has 0 spiro atoms. The summed E-state index contributed by atoms with van der Waals surface area (Å²) < 4.78 is 6.92. The van der Waals surface area contributed by atoms with Gasteiger partial charge < -0.3 is 4.43 Å². The first-order valence-corrected chi connectivity index (χ1v) is 18.3. The van der Waals surface area contributed by atoms with Gasteiger partial charge in [0.15, 0.2) is 8.32 Å². The monoisotopic (exact) mass is 510 g/mol. The second-order valence-corrected chi connectivity index (χ2v) is 20.5. The summed E-state index contributed by atoms with van der Waals surface area (Å²) in [7, 11) is -1.72. The molecule has 0 aromatic rings. The quantitative estimate of drug-likeness (QED) is 0.255. The van der Waals surface area contributed by atoms with E-state index in [9.17, 15) is 0 Å². The summed E-state index contributed by atoms with van der Waals surface area (Å²) in [4.78, 5) is 0. The highest BCUT2D eigenvalue weighted by Gasteiger charge is 2.57. The van der Waals surface area contributed by atoms with Crippen LogP contribution in [0.1, 0.15) is 107 Å². The predicted molar refractivity (Wildman–Crippen MR) is 160 cm³/mol. The SMILES string of the molecule is CC(C)[C@@H](C)/C=C/[C@@H](C)[C@H]1CC[C@H]2C3=CC=C4C[C@@H](O[Si](C)(C)C(C)(C)C)CC[C@]4(C)[C@H]3CC[C@]12C. The van der Waals surface area contributed by atoms with Gasteiger partial charge in [0.05, 0.1) is 0 Å². The first kappa shape index (κ1) is 28.4. The van der Waals surface area contributed by atoms with Crippen LogP contribution in [-0.2, 0) is 4.43 Å². The molecule has 0 heterocycles. The van der Waals surface area contributed by atoms with E-state index in [1.54, 1.807) is 5.57 Å². The molecule has 4 rings (SSSR count). The number of fused-ring (bicyclic) bond motifs is 5. The average molecular weight is 511 g/mol. The standard InChI is InChI=1S/C34H58OSi/c1-23(2)24(3)12-13-25(4)29-16-17-30-28-15-14-26-22-27(35-36(10,11)32(5,6)7)18-20-33(26,8)31(28)19-21-34(29,30)9/h12-15,23-25,27,29-31H,16-22H2,1-11H3/b13-12+/t24-,25+,27-,29+,30-,31-,33-,34+/m0/s1. The van der Waals surface area contributed by atoms with Gasteiger partial charge in [0, 0.05) is 6.10 Å². The number of allylic oxidation sites excluding steroid dienone is 5. The zero-order chi connectivity index (χ0) is 26.7. The molecule has 8 atom stereocenters. The first-order valence-electron chi connectivity index (χ1n) is 15.4. The summed E-state index contributed by atoms with van der Waals surface area (Å²) in [6, 6.07) is 0. The van der Waals surface area contributed by atoms with Crippen molar-refractivity contribution < 1.29 is 4.43 Å². The second-order valence-electron chi connectivity index (χ2n) is 15.7. The van der Waals surface area contributed by atoms with Crippen LogP contribution in [0, 0.1) is 46.3 Å². The molecule has 0 saturated heterocycles. The maximum Gasteiger partial charge on any atom is 0.192 e. The molecule has 0 aromatic carbocycles. The van der Waals surface area contributed by atoms with E-state index in [1.807, 2.05) is 5.57 Å². The molecule has 0 unspecified atom stereocenters. The highest BCUT2D eigenvalue weighted by molar-refractivity contribution is 6.74. The Bertz CT molecular complexity index is 901. The molecule has 0 aliphatic heterocycles. The van der Waals surface area contributed by atoms with Gasteiger partial charge in [0.2, 0.25) is 0 Å². The molecule has 0 amide bonds. The maximum absolute atomic E-state index is 6.92. The van der Waals surface area contributed by atoms with Crippen molar-refractivity contribution in [1.29, 1.82) is 0 Å². The fourth-order valence-electron chi connectivity index (χ4n) is 8.27. The minimum atomic E-state index is -1.72. The molecule has 2 heteroatoms.